The smallest absolute Gasteiger partial charge is 0.261 e. The van der Waals surface area contributed by atoms with Gasteiger partial charge >= 0.3 is 0 Å². The van der Waals surface area contributed by atoms with E-state index in [9.17, 15) is 10.1 Å². The second kappa shape index (κ2) is 3.71. The number of rotatable bonds is 1. The van der Waals surface area contributed by atoms with Crippen LogP contribution in [0.5, 0.6) is 0 Å². The molecule has 0 aliphatic heterocycles. The van der Waals surface area contributed by atoms with Crippen LogP contribution in [0.1, 0.15) is 0 Å². The Morgan fingerprint density at radius 3 is 2.87 bits per heavy atom. The summed E-state index contributed by atoms with van der Waals surface area (Å²) in [7, 11) is 1.81. The molecule has 0 spiro atoms. The minimum atomic E-state index is -0.409. The van der Waals surface area contributed by atoms with Crippen molar-refractivity contribution in [1.82, 2.24) is 9.78 Å². The number of halogens is 2. The predicted molar refractivity (Wildman–Crippen MR) is 67.8 cm³/mol. The zero-order valence-corrected chi connectivity index (χ0v) is 11.3. The third-order valence-electron chi connectivity index (χ3n) is 2.02. The van der Waals surface area contributed by atoms with Gasteiger partial charge in [-0.3, -0.25) is 14.8 Å². The molecule has 1 aromatic carbocycles. The number of nitrogens with zero attached hydrogens (tertiary/aromatic N) is 3. The van der Waals surface area contributed by atoms with Gasteiger partial charge in [0.25, 0.3) is 5.69 Å². The third-order valence-corrected chi connectivity index (χ3v) is 3.90. The molecule has 0 bridgehead atoms. The molecular weight excluding hydrogens is 377 g/mol. The molecule has 0 aliphatic rings. The van der Waals surface area contributed by atoms with E-state index in [1.165, 1.54) is 12.1 Å². The molecule has 78 valence electrons. The van der Waals surface area contributed by atoms with Gasteiger partial charge in [0.05, 0.1) is 9.40 Å². The fraction of sp³-hybridized carbons (Fsp3) is 0.125. The highest BCUT2D eigenvalue weighted by Gasteiger charge is 2.15. The number of nitro benzene ring substituents is 1. The Kier molecular flexibility index (Phi) is 2.67. The molecule has 0 saturated carbocycles. The van der Waals surface area contributed by atoms with Crippen molar-refractivity contribution >= 4 is 55.1 Å². The summed E-state index contributed by atoms with van der Waals surface area (Å²) in [5, 5.41) is 15.7. The zero-order valence-electron chi connectivity index (χ0n) is 7.57. The van der Waals surface area contributed by atoms with E-state index < -0.39 is 4.92 Å². The molecule has 1 heterocycles. The Hall–Kier alpha value is -0.700. The fourth-order valence-electron chi connectivity index (χ4n) is 1.32. The van der Waals surface area contributed by atoms with Crippen LogP contribution in [0.4, 0.5) is 5.69 Å². The number of aromatic nitrogens is 2. The van der Waals surface area contributed by atoms with Gasteiger partial charge in [0.1, 0.15) is 9.22 Å². The molecule has 7 heteroatoms. The normalized spacial score (nSPS) is 10.9. The van der Waals surface area contributed by atoms with Crippen LogP contribution in [0.25, 0.3) is 10.9 Å². The highest BCUT2D eigenvalue weighted by Crippen LogP contribution is 2.31. The quantitative estimate of drug-likeness (QED) is 0.433. The van der Waals surface area contributed by atoms with Gasteiger partial charge in [-0.05, 0) is 38.5 Å². The molecule has 15 heavy (non-hydrogen) atoms. The number of non-ortho nitro benzene ring substituents is 1. The number of nitro groups is 1. The fourth-order valence-corrected chi connectivity index (χ4v) is 2.36. The second-order valence-corrected chi connectivity index (χ2v) is 4.87. The molecule has 0 saturated heterocycles. The summed E-state index contributed by atoms with van der Waals surface area (Å²) in [6.45, 7) is 0. The molecule has 1 aromatic heterocycles. The van der Waals surface area contributed by atoms with Crippen molar-refractivity contribution in [2.24, 2.45) is 7.05 Å². The van der Waals surface area contributed by atoms with Gasteiger partial charge in [0.15, 0.2) is 0 Å². The predicted octanol–water partition coefficient (Wildman–Crippen LogP) is 2.85. The Morgan fingerprint density at radius 2 is 2.27 bits per heavy atom. The van der Waals surface area contributed by atoms with Crippen molar-refractivity contribution in [1.29, 1.82) is 0 Å². The lowest BCUT2D eigenvalue weighted by atomic mass is 10.2. The van der Waals surface area contributed by atoms with Crippen molar-refractivity contribution in [3.63, 3.8) is 0 Å². The zero-order chi connectivity index (χ0) is 11.2. The molecule has 0 atom stereocenters. The minimum absolute atomic E-state index is 0.0697. The average Bonchev–Trinajstić information content (AvgIpc) is 2.45. The van der Waals surface area contributed by atoms with Crippen LogP contribution < -0.4 is 0 Å². The maximum Gasteiger partial charge on any atom is 0.271 e. The van der Waals surface area contributed by atoms with Crippen LogP contribution >= 0.6 is 38.5 Å². The standard InChI is InChI=1S/C8H5BrIN3O2/c1-12-8(10)5-2-4(13(14)15)3-6(9)7(5)11-12/h2-3H,1H3. The molecule has 0 amide bonds. The monoisotopic (exact) mass is 381 g/mol. The van der Waals surface area contributed by atoms with Crippen molar-refractivity contribution in [3.8, 4) is 0 Å². The highest BCUT2D eigenvalue weighted by molar-refractivity contribution is 14.1. The molecule has 2 rings (SSSR count). The number of aryl methyl sites for hydroxylation is 1. The van der Waals surface area contributed by atoms with E-state index in [-0.39, 0.29) is 5.69 Å². The van der Waals surface area contributed by atoms with Gasteiger partial charge in [-0.2, -0.15) is 5.10 Å². The topological polar surface area (TPSA) is 61.0 Å². The molecule has 2 aromatic rings. The summed E-state index contributed by atoms with van der Waals surface area (Å²) in [4.78, 5) is 10.3. The first-order valence-corrected chi connectivity index (χ1v) is 5.84. The first-order chi connectivity index (χ1) is 7.00. The lowest BCUT2D eigenvalue weighted by Crippen LogP contribution is -1.91. The summed E-state index contributed by atoms with van der Waals surface area (Å²) in [5.74, 6) is 0. The van der Waals surface area contributed by atoms with Gasteiger partial charge in [-0.15, -0.1) is 0 Å². The minimum Gasteiger partial charge on any atom is -0.261 e. The Balaban J connectivity index is 2.85. The van der Waals surface area contributed by atoms with E-state index in [2.05, 4.69) is 43.6 Å². The molecule has 0 N–H and O–H groups in total. The highest BCUT2D eigenvalue weighted by atomic mass is 127. The van der Waals surface area contributed by atoms with E-state index in [4.69, 9.17) is 0 Å². The van der Waals surface area contributed by atoms with Crippen LogP contribution in [0, 0.1) is 13.8 Å². The molecule has 0 unspecified atom stereocenters. The summed E-state index contributed by atoms with van der Waals surface area (Å²) >= 11 is 5.39. The van der Waals surface area contributed by atoms with Gasteiger partial charge in [0.2, 0.25) is 0 Å². The number of hydrogen-bond acceptors (Lipinski definition) is 3. The van der Waals surface area contributed by atoms with Crippen molar-refractivity contribution in [2.75, 3.05) is 0 Å². The summed E-state index contributed by atoms with van der Waals surface area (Å²) < 4.78 is 3.22. The van der Waals surface area contributed by atoms with Crippen molar-refractivity contribution in [2.45, 2.75) is 0 Å². The molecule has 0 aliphatic carbocycles. The number of benzene rings is 1. The van der Waals surface area contributed by atoms with Gasteiger partial charge in [0, 0.05) is 24.6 Å². The number of fused-ring (bicyclic) bond motifs is 1. The Bertz CT molecular complexity index is 567. The maximum absolute atomic E-state index is 10.7. The Morgan fingerprint density at radius 1 is 1.60 bits per heavy atom. The first-order valence-electron chi connectivity index (χ1n) is 3.97. The summed E-state index contributed by atoms with van der Waals surface area (Å²) in [6.07, 6.45) is 0. The Labute approximate surface area is 107 Å². The van der Waals surface area contributed by atoms with Gasteiger partial charge in [-0.1, -0.05) is 0 Å². The van der Waals surface area contributed by atoms with Crippen LogP contribution in [0.15, 0.2) is 16.6 Å². The third kappa shape index (κ3) is 1.73. The maximum atomic E-state index is 10.7. The van der Waals surface area contributed by atoms with Crippen molar-refractivity contribution in [3.05, 3.63) is 30.4 Å². The van der Waals surface area contributed by atoms with Crippen LogP contribution in [0.2, 0.25) is 0 Å². The number of hydrogen-bond donors (Lipinski definition) is 0. The van der Waals surface area contributed by atoms with Crippen LogP contribution in [-0.4, -0.2) is 14.7 Å². The largest absolute Gasteiger partial charge is 0.271 e. The lowest BCUT2D eigenvalue weighted by molar-refractivity contribution is -0.384. The van der Waals surface area contributed by atoms with E-state index in [1.54, 1.807) is 11.7 Å². The average molecular weight is 382 g/mol. The molecule has 5 nitrogen and oxygen atoms in total. The molecule has 0 radical (unpaired) electrons. The van der Waals surface area contributed by atoms with E-state index in [0.29, 0.717) is 4.47 Å². The van der Waals surface area contributed by atoms with Gasteiger partial charge in [-0.25, -0.2) is 0 Å². The van der Waals surface area contributed by atoms with E-state index >= 15 is 0 Å². The van der Waals surface area contributed by atoms with E-state index in [1.807, 2.05) is 0 Å². The van der Waals surface area contributed by atoms with E-state index in [0.717, 1.165) is 14.6 Å². The van der Waals surface area contributed by atoms with Crippen LogP contribution in [-0.2, 0) is 7.05 Å². The summed E-state index contributed by atoms with van der Waals surface area (Å²) in [6, 6.07) is 3.00. The molecule has 0 fully saturated rings. The summed E-state index contributed by atoms with van der Waals surface area (Å²) in [5.41, 5.74) is 0.813. The first kappa shape index (κ1) is 10.8. The molecular formula is C8H5BrIN3O2. The van der Waals surface area contributed by atoms with Gasteiger partial charge < -0.3 is 0 Å². The van der Waals surface area contributed by atoms with Crippen molar-refractivity contribution < 1.29 is 4.92 Å². The lowest BCUT2D eigenvalue weighted by Gasteiger charge is -1.94. The second-order valence-electron chi connectivity index (χ2n) is 3.00. The van der Waals surface area contributed by atoms with Crippen LogP contribution in [0.3, 0.4) is 0 Å². The SMILES string of the molecule is Cn1nc2c(Br)cc([N+](=O)[O-])cc2c1I.